The molecule has 2 heterocycles. The van der Waals surface area contributed by atoms with Gasteiger partial charge in [-0.3, -0.25) is 19.8 Å². The van der Waals surface area contributed by atoms with E-state index in [0.29, 0.717) is 12.2 Å². The molecule has 0 bridgehead atoms. The van der Waals surface area contributed by atoms with Crippen molar-refractivity contribution in [3.63, 3.8) is 0 Å². The maximum atomic E-state index is 12.1. The lowest BCUT2D eigenvalue weighted by Gasteiger charge is -2.35. The Morgan fingerprint density at radius 1 is 1.17 bits per heavy atom. The molecule has 0 aromatic heterocycles. The van der Waals surface area contributed by atoms with E-state index in [1.54, 1.807) is 12.1 Å². The van der Waals surface area contributed by atoms with E-state index in [1.165, 1.54) is 11.6 Å². The summed E-state index contributed by atoms with van der Waals surface area (Å²) < 4.78 is 0. The summed E-state index contributed by atoms with van der Waals surface area (Å²) in [5, 5.41) is 14.0. The number of anilines is 1. The van der Waals surface area contributed by atoms with Crippen molar-refractivity contribution in [2.24, 2.45) is 0 Å². The van der Waals surface area contributed by atoms with Crippen LogP contribution in [0.3, 0.4) is 0 Å². The predicted molar refractivity (Wildman–Crippen MR) is 85.3 cm³/mol. The summed E-state index contributed by atoms with van der Waals surface area (Å²) in [5.74, 6) is -0.0815. The SMILES string of the molecule is O=C1CN2CCc3ccccc3[C@@H]2c2cc([N+](=O)[O-])ccc2N1. The van der Waals surface area contributed by atoms with Gasteiger partial charge in [0.2, 0.25) is 5.91 Å². The molecule has 1 N–H and O–H groups in total. The van der Waals surface area contributed by atoms with Gasteiger partial charge in [0.15, 0.2) is 0 Å². The molecule has 0 unspecified atom stereocenters. The Balaban J connectivity index is 1.94. The summed E-state index contributed by atoms with van der Waals surface area (Å²) in [4.78, 5) is 25.0. The number of nitro benzene ring substituents is 1. The lowest BCUT2D eigenvalue weighted by atomic mass is 9.87. The standard InChI is InChI=1S/C17H15N3O3/c21-16-10-19-8-7-11-3-1-2-4-13(11)17(19)14-9-12(20(22)23)5-6-15(14)18-16/h1-6,9,17H,7-8,10H2,(H,18,21)/t17-/m1/s1. The molecule has 2 aromatic rings. The first-order chi connectivity index (χ1) is 11.1. The van der Waals surface area contributed by atoms with Crippen LogP contribution in [0.5, 0.6) is 0 Å². The number of nitrogens with zero attached hydrogens (tertiary/aromatic N) is 2. The van der Waals surface area contributed by atoms with E-state index in [4.69, 9.17) is 0 Å². The largest absolute Gasteiger partial charge is 0.325 e. The quantitative estimate of drug-likeness (QED) is 0.648. The zero-order chi connectivity index (χ0) is 16.0. The summed E-state index contributed by atoms with van der Waals surface area (Å²) in [6.45, 7) is 1.05. The van der Waals surface area contributed by atoms with E-state index >= 15 is 0 Å². The zero-order valence-corrected chi connectivity index (χ0v) is 12.4. The molecule has 2 aliphatic rings. The van der Waals surface area contributed by atoms with E-state index < -0.39 is 4.92 Å². The number of nitro groups is 1. The second kappa shape index (κ2) is 5.17. The molecule has 0 fully saturated rings. The lowest BCUT2D eigenvalue weighted by Crippen LogP contribution is -2.38. The number of fused-ring (bicyclic) bond motifs is 5. The normalized spacial score (nSPS) is 19.8. The molecule has 2 aromatic carbocycles. The first-order valence-corrected chi connectivity index (χ1v) is 7.53. The molecule has 0 spiro atoms. The molecule has 0 radical (unpaired) electrons. The summed E-state index contributed by atoms with van der Waals surface area (Å²) in [7, 11) is 0. The number of nitrogens with one attached hydrogen (secondary N) is 1. The maximum absolute atomic E-state index is 12.1. The van der Waals surface area contributed by atoms with Gasteiger partial charge in [-0.1, -0.05) is 24.3 Å². The fourth-order valence-electron chi connectivity index (χ4n) is 3.53. The van der Waals surface area contributed by atoms with Gasteiger partial charge < -0.3 is 5.32 Å². The second-order valence-electron chi connectivity index (χ2n) is 5.90. The molecule has 116 valence electrons. The Labute approximate surface area is 132 Å². The number of carbonyl (C=O) groups excluding carboxylic acids is 1. The Bertz CT molecular complexity index is 818. The molecule has 1 atom stereocenters. The summed E-state index contributed by atoms with van der Waals surface area (Å²) >= 11 is 0. The third kappa shape index (κ3) is 2.27. The van der Waals surface area contributed by atoms with E-state index in [-0.39, 0.29) is 17.6 Å². The number of hydrogen-bond acceptors (Lipinski definition) is 4. The fraction of sp³-hybridized carbons (Fsp3) is 0.235. The molecule has 23 heavy (non-hydrogen) atoms. The number of benzene rings is 2. The van der Waals surface area contributed by atoms with Crippen molar-refractivity contribution in [1.29, 1.82) is 0 Å². The van der Waals surface area contributed by atoms with Crippen molar-refractivity contribution in [2.75, 3.05) is 18.4 Å². The highest BCUT2D eigenvalue weighted by atomic mass is 16.6. The number of rotatable bonds is 1. The highest BCUT2D eigenvalue weighted by Gasteiger charge is 2.34. The Hall–Kier alpha value is -2.73. The monoisotopic (exact) mass is 309 g/mol. The van der Waals surface area contributed by atoms with Crippen LogP contribution in [0.15, 0.2) is 42.5 Å². The minimum Gasteiger partial charge on any atom is -0.325 e. The van der Waals surface area contributed by atoms with Crippen LogP contribution >= 0.6 is 0 Å². The first kappa shape index (κ1) is 13.9. The van der Waals surface area contributed by atoms with E-state index in [1.807, 2.05) is 18.2 Å². The molecule has 6 heteroatoms. The molecule has 0 aliphatic carbocycles. The summed E-state index contributed by atoms with van der Waals surface area (Å²) in [6.07, 6.45) is 0.879. The molecule has 0 saturated carbocycles. The van der Waals surface area contributed by atoms with Crippen LogP contribution < -0.4 is 5.32 Å². The minimum atomic E-state index is -0.397. The second-order valence-corrected chi connectivity index (χ2v) is 5.90. The summed E-state index contributed by atoms with van der Waals surface area (Å²) in [6, 6.07) is 12.6. The summed E-state index contributed by atoms with van der Waals surface area (Å²) in [5.41, 5.74) is 3.85. The topological polar surface area (TPSA) is 75.5 Å². The number of carbonyl (C=O) groups is 1. The van der Waals surface area contributed by atoms with E-state index in [2.05, 4.69) is 16.3 Å². The zero-order valence-electron chi connectivity index (χ0n) is 12.4. The highest BCUT2D eigenvalue weighted by Crippen LogP contribution is 2.41. The van der Waals surface area contributed by atoms with Crippen molar-refractivity contribution in [2.45, 2.75) is 12.5 Å². The van der Waals surface area contributed by atoms with Crippen LogP contribution in [-0.4, -0.2) is 28.8 Å². The van der Waals surface area contributed by atoms with Crippen molar-refractivity contribution in [3.05, 3.63) is 69.3 Å². The van der Waals surface area contributed by atoms with E-state index in [0.717, 1.165) is 24.1 Å². The number of amides is 1. The fourth-order valence-corrected chi connectivity index (χ4v) is 3.53. The van der Waals surface area contributed by atoms with Gasteiger partial charge in [0.05, 0.1) is 17.5 Å². The van der Waals surface area contributed by atoms with Gasteiger partial charge in [0.25, 0.3) is 5.69 Å². The third-order valence-corrected chi connectivity index (χ3v) is 4.54. The number of hydrogen-bond donors (Lipinski definition) is 1. The Morgan fingerprint density at radius 3 is 2.83 bits per heavy atom. The maximum Gasteiger partial charge on any atom is 0.269 e. The molecule has 6 nitrogen and oxygen atoms in total. The molecule has 0 saturated heterocycles. The van der Waals surface area contributed by atoms with Crippen LogP contribution in [0.4, 0.5) is 11.4 Å². The van der Waals surface area contributed by atoms with Crippen LogP contribution in [0.1, 0.15) is 22.7 Å². The van der Waals surface area contributed by atoms with E-state index in [9.17, 15) is 14.9 Å². The van der Waals surface area contributed by atoms with Gasteiger partial charge in [-0.05, 0) is 23.6 Å². The first-order valence-electron chi connectivity index (χ1n) is 7.53. The molecular weight excluding hydrogens is 294 g/mol. The Morgan fingerprint density at radius 2 is 2.00 bits per heavy atom. The van der Waals surface area contributed by atoms with Crippen LogP contribution in [-0.2, 0) is 11.2 Å². The molecule has 4 rings (SSSR count). The predicted octanol–water partition coefficient (Wildman–Crippen LogP) is 2.49. The van der Waals surface area contributed by atoms with Gasteiger partial charge in [0.1, 0.15) is 0 Å². The van der Waals surface area contributed by atoms with Gasteiger partial charge >= 0.3 is 0 Å². The van der Waals surface area contributed by atoms with Crippen LogP contribution in [0, 0.1) is 10.1 Å². The molecule has 1 amide bonds. The average Bonchev–Trinajstić information content (AvgIpc) is 2.69. The number of non-ortho nitro benzene ring substituents is 1. The third-order valence-electron chi connectivity index (χ3n) is 4.54. The van der Waals surface area contributed by atoms with Crippen molar-refractivity contribution in [3.8, 4) is 0 Å². The average molecular weight is 309 g/mol. The highest BCUT2D eigenvalue weighted by molar-refractivity contribution is 5.94. The van der Waals surface area contributed by atoms with Gasteiger partial charge in [-0.25, -0.2) is 0 Å². The van der Waals surface area contributed by atoms with Gasteiger partial charge in [-0.15, -0.1) is 0 Å². The lowest BCUT2D eigenvalue weighted by molar-refractivity contribution is -0.384. The smallest absolute Gasteiger partial charge is 0.269 e. The van der Waals surface area contributed by atoms with Gasteiger partial charge in [0, 0.05) is 29.9 Å². The molecular formula is C17H15N3O3. The minimum absolute atomic E-state index is 0.0444. The van der Waals surface area contributed by atoms with Crippen molar-refractivity contribution >= 4 is 17.3 Å². The molecule has 2 aliphatic heterocycles. The van der Waals surface area contributed by atoms with Crippen molar-refractivity contribution in [1.82, 2.24) is 4.90 Å². The van der Waals surface area contributed by atoms with Crippen LogP contribution in [0.25, 0.3) is 0 Å². The van der Waals surface area contributed by atoms with Crippen molar-refractivity contribution < 1.29 is 9.72 Å². The van der Waals surface area contributed by atoms with Crippen LogP contribution in [0.2, 0.25) is 0 Å². The van der Waals surface area contributed by atoms with Gasteiger partial charge in [-0.2, -0.15) is 0 Å². The Kier molecular flexibility index (Phi) is 3.12.